The Labute approximate surface area is 174 Å². The van der Waals surface area contributed by atoms with Gasteiger partial charge in [0.1, 0.15) is 11.6 Å². The lowest BCUT2D eigenvalue weighted by Crippen LogP contribution is -2.39. The summed E-state index contributed by atoms with van der Waals surface area (Å²) >= 11 is 0. The fourth-order valence-corrected chi connectivity index (χ4v) is 4.60. The predicted octanol–water partition coefficient (Wildman–Crippen LogP) is 3.76. The first kappa shape index (κ1) is 18.2. The van der Waals surface area contributed by atoms with E-state index in [-0.39, 0.29) is 5.78 Å². The van der Waals surface area contributed by atoms with Crippen LogP contribution in [-0.4, -0.2) is 18.7 Å². The van der Waals surface area contributed by atoms with Gasteiger partial charge in [0, 0.05) is 23.3 Å². The van der Waals surface area contributed by atoms with Gasteiger partial charge in [0.25, 0.3) is 0 Å². The molecule has 6 heteroatoms. The zero-order valence-corrected chi connectivity index (χ0v) is 16.6. The van der Waals surface area contributed by atoms with E-state index >= 15 is 0 Å². The van der Waals surface area contributed by atoms with Crippen molar-refractivity contribution in [3.8, 4) is 11.8 Å². The SMILES string of the molecule is COc1ccc([C@H]2C(C#N)=C3N=C(N)c4ccccc4N3C3=C2C(=O)CCC3)cc1. The highest BCUT2D eigenvalue weighted by atomic mass is 16.5. The van der Waals surface area contributed by atoms with Crippen LogP contribution in [0.1, 0.15) is 36.3 Å². The first-order valence-electron chi connectivity index (χ1n) is 9.92. The van der Waals surface area contributed by atoms with Gasteiger partial charge in [-0.1, -0.05) is 24.3 Å². The third-order valence-corrected chi connectivity index (χ3v) is 5.95. The first-order valence-corrected chi connectivity index (χ1v) is 9.92. The average Bonchev–Trinajstić information content (AvgIpc) is 2.78. The molecule has 1 aliphatic carbocycles. The Kier molecular flexibility index (Phi) is 4.18. The number of aliphatic imine (C=N–C) groups is 1. The quantitative estimate of drug-likeness (QED) is 0.834. The van der Waals surface area contributed by atoms with E-state index in [1.54, 1.807) is 7.11 Å². The number of hydrogen-bond donors (Lipinski definition) is 1. The Morgan fingerprint density at radius 3 is 2.67 bits per heavy atom. The maximum atomic E-state index is 13.1. The number of hydrogen-bond acceptors (Lipinski definition) is 6. The molecule has 0 unspecified atom stereocenters. The summed E-state index contributed by atoms with van der Waals surface area (Å²) < 4.78 is 5.27. The Morgan fingerprint density at radius 2 is 1.93 bits per heavy atom. The largest absolute Gasteiger partial charge is 0.497 e. The second-order valence-electron chi connectivity index (χ2n) is 7.54. The number of ketones is 1. The van der Waals surface area contributed by atoms with Crippen molar-refractivity contribution in [2.24, 2.45) is 10.7 Å². The molecule has 2 aromatic carbocycles. The number of methoxy groups -OCH3 is 1. The number of Topliss-reactive ketones (excluding diaryl/α,β-unsaturated/α-hetero) is 1. The third-order valence-electron chi connectivity index (χ3n) is 5.95. The van der Waals surface area contributed by atoms with Gasteiger partial charge in [0.2, 0.25) is 0 Å². The van der Waals surface area contributed by atoms with Crippen LogP contribution in [0.3, 0.4) is 0 Å². The number of rotatable bonds is 2. The minimum Gasteiger partial charge on any atom is -0.497 e. The van der Waals surface area contributed by atoms with Gasteiger partial charge >= 0.3 is 0 Å². The molecule has 0 saturated heterocycles. The van der Waals surface area contributed by atoms with E-state index in [1.165, 1.54) is 0 Å². The lowest BCUT2D eigenvalue weighted by atomic mass is 9.75. The number of benzene rings is 2. The molecule has 0 aromatic heterocycles. The number of para-hydroxylation sites is 1. The number of anilines is 1. The van der Waals surface area contributed by atoms with E-state index < -0.39 is 5.92 Å². The summed E-state index contributed by atoms with van der Waals surface area (Å²) in [6, 6.07) is 17.6. The molecule has 3 aliphatic rings. The summed E-state index contributed by atoms with van der Waals surface area (Å²) in [7, 11) is 1.61. The van der Waals surface area contributed by atoms with Crippen LogP contribution < -0.4 is 15.4 Å². The number of nitrogens with two attached hydrogens (primary N) is 1. The Bertz CT molecular complexity index is 1200. The van der Waals surface area contributed by atoms with E-state index in [0.717, 1.165) is 41.1 Å². The molecule has 6 nitrogen and oxygen atoms in total. The smallest absolute Gasteiger partial charge is 0.161 e. The van der Waals surface area contributed by atoms with Crippen molar-refractivity contribution in [2.75, 3.05) is 12.0 Å². The molecule has 0 bridgehead atoms. The van der Waals surface area contributed by atoms with Crippen LogP contribution in [0, 0.1) is 11.3 Å². The zero-order chi connectivity index (χ0) is 20.8. The van der Waals surface area contributed by atoms with Crippen molar-refractivity contribution < 1.29 is 9.53 Å². The molecule has 2 aliphatic heterocycles. The molecule has 1 atom stereocenters. The van der Waals surface area contributed by atoms with Crippen LogP contribution in [-0.2, 0) is 4.79 Å². The molecule has 5 rings (SSSR count). The minimum absolute atomic E-state index is 0.0869. The van der Waals surface area contributed by atoms with E-state index in [2.05, 4.69) is 11.1 Å². The Morgan fingerprint density at radius 1 is 1.17 bits per heavy atom. The van der Waals surface area contributed by atoms with Crippen LogP contribution in [0.25, 0.3) is 0 Å². The fourth-order valence-electron chi connectivity index (χ4n) is 4.60. The maximum Gasteiger partial charge on any atom is 0.161 e. The van der Waals surface area contributed by atoms with Gasteiger partial charge in [-0.2, -0.15) is 5.26 Å². The van der Waals surface area contributed by atoms with Crippen LogP contribution in [0.4, 0.5) is 5.69 Å². The van der Waals surface area contributed by atoms with Crippen molar-refractivity contribution >= 4 is 17.3 Å². The van der Waals surface area contributed by atoms with E-state index in [4.69, 9.17) is 10.5 Å². The second kappa shape index (κ2) is 6.89. The molecule has 0 radical (unpaired) electrons. The van der Waals surface area contributed by atoms with Gasteiger partial charge in [-0.3, -0.25) is 9.69 Å². The molecular formula is C24H20N4O2. The molecule has 0 spiro atoms. The van der Waals surface area contributed by atoms with Gasteiger partial charge in [-0.15, -0.1) is 0 Å². The van der Waals surface area contributed by atoms with Crippen molar-refractivity contribution in [2.45, 2.75) is 25.2 Å². The maximum absolute atomic E-state index is 13.1. The van der Waals surface area contributed by atoms with Gasteiger partial charge < -0.3 is 10.5 Å². The van der Waals surface area contributed by atoms with Crippen molar-refractivity contribution in [3.05, 3.63) is 82.3 Å². The molecule has 2 aromatic rings. The predicted molar refractivity (Wildman–Crippen MR) is 114 cm³/mol. The Hall–Kier alpha value is -3.85. The third kappa shape index (κ3) is 2.56. The fraction of sp³-hybridized carbons (Fsp3) is 0.208. The number of nitrogens with zero attached hydrogens (tertiary/aromatic N) is 3. The second-order valence-corrected chi connectivity index (χ2v) is 7.54. The molecular weight excluding hydrogens is 376 g/mol. The van der Waals surface area contributed by atoms with Crippen LogP contribution in [0.2, 0.25) is 0 Å². The number of carbonyl (C=O) groups excluding carboxylic acids is 1. The number of carbonyl (C=O) groups is 1. The Balaban J connectivity index is 1.80. The summed E-state index contributed by atoms with van der Waals surface area (Å²) in [5, 5.41) is 10.2. The monoisotopic (exact) mass is 396 g/mol. The number of amidine groups is 1. The van der Waals surface area contributed by atoms with Gasteiger partial charge in [0.15, 0.2) is 11.6 Å². The highest BCUT2D eigenvalue weighted by Crippen LogP contribution is 2.49. The molecule has 0 amide bonds. The lowest BCUT2D eigenvalue weighted by molar-refractivity contribution is -0.116. The number of ether oxygens (including phenoxy) is 1. The summed E-state index contributed by atoms with van der Waals surface area (Å²) in [4.78, 5) is 19.7. The minimum atomic E-state index is -0.461. The average molecular weight is 396 g/mol. The van der Waals surface area contributed by atoms with Crippen molar-refractivity contribution in [1.29, 1.82) is 5.26 Å². The van der Waals surface area contributed by atoms with E-state index in [1.807, 2.05) is 53.4 Å². The number of fused-ring (bicyclic) bond motifs is 4. The van der Waals surface area contributed by atoms with Crippen molar-refractivity contribution in [1.82, 2.24) is 0 Å². The number of nitriles is 1. The zero-order valence-electron chi connectivity index (χ0n) is 16.6. The van der Waals surface area contributed by atoms with Gasteiger partial charge in [-0.05, 0) is 42.7 Å². The van der Waals surface area contributed by atoms with Gasteiger partial charge in [-0.25, -0.2) is 4.99 Å². The van der Waals surface area contributed by atoms with Gasteiger partial charge in [0.05, 0.1) is 30.4 Å². The molecule has 2 heterocycles. The highest BCUT2D eigenvalue weighted by molar-refractivity contribution is 6.08. The van der Waals surface area contributed by atoms with Crippen LogP contribution in [0.5, 0.6) is 5.75 Å². The lowest BCUT2D eigenvalue weighted by Gasteiger charge is -2.41. The molecule has 148 valence electrons. The summed E-state index contributed by atoms with van der Waals surface area (Å²) in [6.45, 7) is 0. The first-order chi connectivity index (χ1) is 14.6. The molecule has 2 N–H and O–H groups in total. The summed E-state index contributed by atoms with van der Waals surface area (Å²) in [5.41, 5.74) is 10.9. The highest BCUT2D eigenvalue weighted by Gasteiger charge is 2.42. The standard InChI is InChI=1S/C24H20N4O2/c1-30-15-11-9-14(10-12-15)21-17(13-25)24-27-23(26)16-5-2-3-6-18(16)28(24)19-7-4-8-20(29)22(19)21/h2-3,5-6,9-12,21H,4,7-8H2,1H3,(H2,26,27)/t21-/m0/s1. The van der Waals surface area contributed by atoms with E-state index in [0.29, 0.717) is 29.2 Å². The van der Waals surface area contributed by atoms with Crippen LogP contribution >= 0.6 is 0 Å². The molecule has 0 fully saturated rings. The topological polar surface area (TPSA) is 91.7 Å². The van der Waals surface area contributed by atoms with Crippen molar-refractivity contribution in [3.63, 3.8) is 0 Å². The normalized spacial score (nSPS) is 20.1. The summed E-state index contributed by atoms with van der Waals surface area (Å²) in [6.07, 6.45) is 2.01. The summed E-state index contributed by atoms with van der Waals surface area (Å²) in [5.74, 6) is 1.24. The van der Waals surface area contributed by atoms with E-state index in [9.17, 15) is 10.1 Å². The molecule has 0 saturated carbocycles. The number of allylic oxidation sites excluding steroid dienone is 3. The van der Waals surface area contributed by atoms with Crippen LogP contribution in [0.15, 0.2) is 76.2 Å². The molecule has 30 heavy (non-hydrogen) atoms.